The second-order valence-corrected chi connectivity index (χ2v) is 3.68. The Hall–Kier alpha value is -1.36. The van der Waals surface area contributed by atoms with Gasteiger partial charge in [-0.25, -0.2) is 0 Å². The summed E-state index contributed by atoms with van der Waals surface area (Å²) in [4.78, 5) is 11.5. The number of aryl methyl sites for hydroxylation is 1. The molecule has 1 aromatic heterocycles. The lowest BCUT2D eigenvalue weighted by Crippen LogP contribution is -2.19. The number of nitrogens with one attached hydrogen (secondary N) is 1. The number of hydrogen-bond donors (Lipinski definition) is 2. The highest BCUT2D eigenvalue weighted by Gasteiger charge is 2.08. The molecule has 1 amide bonds. The molecule has 15 heavy (non-hydrogen) atoms. The van der Waals surface area contributed by atoms with Gasteiger partial charge >= 0.3 is 0 Å². The van der Waals surface area contributed by atoms with Crippen LogP contribution in [-0.2, 0) is 11.3 Å². The van der Waals surface area contributed by atoms with E-state index in [9.17, 15) is 4.79 Å². The minimum atomic E-state index is -0.0106. The van der Waals surface area contributed by atoms with Crippen LogP contribution in [-0.4, -0.2) is 22.2 Å². The number of nitrogens with zero attached hydrogens (tertiary/aromatic N) is 2. The predicted octanol–water partition coefficient (Wildman–Crippen LogP) is 0.826. The van der Waals surface area contributed by atoms with E-state index in [2.05, 4.69) is 10.4 Å². The fourth-order valence-electron chi connectivity index (χ4n) is 1.21. The van der Waals surface area contributed by atoms with Crippen LogP contribution >= 0.6 is 0 Å². The van der Waals surface area contributed by atoms with Crippen molar-refractivity contribution in [2.24, 2.45) is 11.7 Å². The Labute approximate surface area is 89.6 Å². The lowest BCUT2D eigenvalue weighted by molar-refractivity contribution is -0.116. The van der Waals surface area contributed by atoms with E-state index in [1.165, 1.54) is 0 Å². The van der Waals surface area contributed by atoms with E-state index in [0.717, 1.165) is 12.2 Å². The zero-order chi connectivity index (χ0) is 11.3. The van der Waals surface area contributed by atoms with Gasteiger partial charge in [-0.3, -0.25) is 9.48 Å². The van der Waals surface area contributed by atoms with Gasteiger partial charge in [0, 0.05) is 19.2 Å². The molecule has 0 aliphatic rings. The number of anilines is 1. The number of amides is 1. The predicted molar refractivity (Wildman–Crippen MR) is 59.4 cm³/mol. The molecule has 0 radical (unpaired) electrons. The van der Waals surface area contributed by atoms with Gasteiger partial charge in [0.2, 0.25) is 5.91 Å². The SMILES string of the molecule is CCn1cc(NC(=O)CC(C)CN)cn1. The van der Waals surface area contributed by atoms with E-state index < -0.39 is 0 Å². The average molecular weight is 210 g/mol. The molecule has 1 aromatic rings. The van der Waals surface area contributed by atoms with Gasteiger partial charge in [0.05, 0.1) is 11.9 Å². The van der Waals surface area contributed by atoms with Gasteiger partial charge in [-0.15, -0.1) is 0 Å². The number of aromatic nitrogens is 2. The van der Waals surface area contributed by atoms with Gasteiger partial charge in [-0.2, -0.15) is 5.10 Å². The van der Waals surface area contributed by atoms with Gasteiger partial charge < -0.3 is 11.1 Å². The summed E-state index contributed by atoms with van der Waals surface area (Å²) in [6.07, 6.45) is 3.91. The summed E-state index contributed by atoms with van der Waals surface area (Å²) >= 11 is 0. The summed E-state index contributed by atoms with van der Waals surface area (Å²) in [6, 6.07) is 0. The first-order valence-electron chi connectivity index (χ1n) is 5.18. The van der Waals surface area contributed by atoms with Crippen molar-refractivity contribution in [3.8, 4) is 0 Å². The van der Waals surface area contributed by atoms with Crippen molar-refractivity contribution in [2.75, 3.05) is 11.9 Å². The molecule has 0 aromatic carbocycles. The Kier molecular flexibility index (Phi) is 4.30. The lowest BCUT2D eigenvalue weighted by atomic mass is 10.1. The van der Waals surface area contributed by atoms with E-state index in [-0.39, 0.29) is 11.8 Å². The molecule has 3 N–H and O–H groups in total. The van der Waals surface area contributed by atoms with Crippen LogP contribution in [0.1, 0.15) is 20.3 Å². The summed E-state index contributed by atoms with van der Waals surface area (Å²) < 4.78 is 1.77. The third-order valence-corrected chi connectivity index (χ3v) is 2.18. The third kappa shape index (κ3) is 3.71. The third-order valence-electron chi connectivity index (χ3n) is 2.18. The normalized spacial score (nSPS) is 12.5. The zero-order valence-electron chi connectivity index (χ0n) is 9.23. The van der Waals surface area contributed by atoms with Crippen molar-refractivity contribution < 1.29 is 4.79 Å². The van der Waals surface area contributed by atoms with Crippen LogP contribution < -0.4 is 11.1 Å². The molecule has 0 saturated heterocycles. The molecule has 0 bridgehead atoms. The van der Waals surface area contributed by atoms with E-state index >= 15 is 0 Å². The van der Waals surface area contributed by atoms with Gasteiger partial charge in [0.25, 0.3) is 0 Å². The molecule has 0 aliphatic heterocycles. The van der Waals surface area contributed by atoms with Crippen LogP contribution in [0.15, 0.2) is 12.4 Å². The number of carbonyl (C=O) groups excluding carboxylic acids is 1. The first kappa shape index (κ1) is 11.7. The molecule has 0 spiro atoms. The Morgan fingerprint density at radius 1 is 1.73 bits per heavy atom. The highest BCUT2D eigenvalue weighted by molar-refractivity contribution is 5.90. The van der Waals surface area contributed by atoms with Crippen LogP contribution in [0.3, 0.4) is 0 Å². The van der Waals surface area contributed by atoms with E-state index in [0.29, 0.717) is 13.0 Å². The zero-order valence-corrected chi connectivity index (χ0v) is 9.23. The molecular formula is C10H18N4O. The Balaban J connectivity index is 2.44. The molecule has 0 aliphatic carbocycles. The van der Waals surface area contributed by atoms with Gasteiger partial charge in [0.15, 0.2) is 0 Å². The van der Waals surface area contributed by atoms with Crippen molar-refractivity contribution in [1.29, 1.82) is 0 Å². The van der Waals surface area contributed by atoms with Gasteiger partial charge in [-0.1, -0.05) is 6.92 Å². The minimum Gasteiger partial charge on any atom is -0.330 e. The van der Waals surface area contributed by atoms with Crippen LogP contribution in [0, 0.1) is 5.92 Å². The van der Waals surface area contributed by atoms with Gasteiger partial charge in [0.1, 0.15) is 0 Å². The summed E-state index contributed by atoms with van der Waals surface area (Å²) in [7, 11) is 0. The minimum absolute atomic E-state index is 0.0106. The number of rotatable bonds is 5. The molecule has 0 fully saturated rings. The first-order valence-corrected chi connectivity index (χ1v) is 5.18. The number of carbonyl (C=O) groups is 1. The lowest BCUT2D eigenvalue weighted by Gasteiger charge is -2.07. The Bertz CT molecular complexity index is 321. The highest BCUT2D eigenvalue weighted by Crippen LogP contribution is 2.07. The summed E-state index contributed by atoms with van der Waals surface area (Å²) in [6.45, 7) is 5.28. The van der Waals surface area contributed by atoms with Crippen LogP contribution in [0.25, 0.3) is 0 Å². The molecule has 1 atom stereocenters. The maximum atomic E-state index is 11.5. The fourth-order valence-corrected chi connectivity index (χ4v) is 1.21. The number of hydrogen-bond acceptors (Lipinski definition) is 3. The van der Waals surface area contributed by atoms with Crippen LogP contribution in [0.2, 0.25) is 0 Å². The van der Waals surface area contributed by atoms with Crippen molar-refractivity contribution in [3.05, 3.63) is 12.4 Å². The Morgan fingerprint density at radius 2 is 2.47 bits per heavy atom. The summed E-state index contributed by atoms with van der Waals surface area (Å²) in [5.41, 5.74) is 6.18. The van der Waals surface area contributed by atoms with Crippen molar-refractivity contribution in [1.82, 2.24) is 9.78 Å². The topological polar surface area (TPSA) is 72.9 Å². The quantitative estimate of drug-likeness (QED) is 0.756. The van der Waals surface area contributed by atoms with E-state index in [1.807, 2.05) is 20.0 Å². The smallest absolute Gasteiger partial charge is 0.224 e. The van der Waals surface area contributed by atoms with Crippen LogP contribution in [0.4, 0.5) is 5.69 Å². The Morgan fingerprint density at radius 3 is 3.00 bits per heavy atom. The molecule has 1 rings (SSSR count). The van der Waals surface area contributed by atoms with E-state index in [4.69, 9.17) is 5.73 Å². The summed E-state index contributed by atoms with van der Waals surface area (Å²) in [5, 5.41) is 6.85. The highest BCUT2D eigenvalue weighted by atomic mass is 16.1. The second-order valence-electron chi connectivity index (χ2n) is 3.68. The maximum Gasteiger partial charge on any atom is 0.224 e. The molecular weight excluding hydrogens is 192 g/mol. The molecule has 5 heteroatoms. The van der Waals surface area contributed by atoms with E-state index in [1.54, 1.807) is 10.9 Å². The standard InChI is InChI=1S/C10H18N4O/c1-3-14-7-9(6-12-14)13-10(15)4-8(2)5-11/h6-8H,3-5,11H2,1-2H3,(H,13,15). The number of nitrogens with two attached hydrogens (primary N) is 1. The van der Waals surface area contributed by atoms with Crippen LogP contribution in [0.5, 0.6) is 0 Å². The average Bonchev–Trinajstić information content (AvgIpc) is 2.65. The molecule has 5 nitrogen and oxygen atoms in total. The van der Waals surface area contributed by atoms with Crippen molar-refractivity contribution >= 4 is 11.6 Å². The summed E-state index contributed by atoms with van der Waals surface area (Å²) in [5.74, 6) is 0.204. The first-order chi connectivity index (χ1) is 7.15. The molecule has 84 valence electrons. The van der Waals surface area contributed by atoms with Crippen molar-refractivity contribution in [2.45, 2.75) is 26.8 Å². The van der Waals surface area contributed by atoms with Gasteiger partial charge in [-0.05, 0) is 19.4 Å². The largest absolute Gasteiger partial charge is 0.330 e. The molecule has 1 unspecified atom stereocenters. The molecule has 1 heterocycles. The second kappa shape index (κ2) is 5.50. The fraction of sp³-hybridized carbons (Fsp3) is 0.600. The monoisotopic (exact) mass is 210 g/mol. The maximum absolute atomic E-state index is 11.5. The van der Waals surface area contributed by atoms with Crippen molar-refractivity contribution in [3.63, 3.8) is 0 Å². The molecule has 0 saturated carbocycles.